The fraction of sp³-hybridized carbons (Fsp3) is 0.500. The summed E-state index contributed by atoms with van der Waals surface area (Å²) in [7, 11) is 0. The molecule has 0 saturated heterocycles. The number of hydrogen-bond donors (Lipinski definition) is 1. The summed E-state index contributed by atoms with van der Waals surface area (Å²) in [6.07, 6.45) is 5.05. The van der Waals surface area contributed by atoms with Gasteiger partial charge in [-0.1, -0.05) is 13.3 Å². The molecule has 0 aliphatic rings. The molecule has 1 heterocycles. The summed E-state index contributed by atoms with van der Waals surface area (Å²) in [6.45, 7) is 2.16. The van der Waals surface area contributed by atoms with E-state index in [1.165, 1.54) is 6.42 Å². The van der Waals surface area contributed by atoms with Gasteiger partial charge in [-0.15, -0.1) is 0 Å². The molecule has 0 aliphatic heterocycles. The second-order valence-electron chi connectivity index (χ2n) is 2.51. The Bertz CT molecular complexity index is 222. The van der Waals surface area contributed by atoms with Gasteiger partial charge in [0, 0.05) is 11.9 Å². The average Bonchev–Trinajstić information content (AvgIpc) is 2.01. The highest BCUT2D eigenvalue weighted by atomic mass is 15.0. The maximum atomic E-state index is 5.41. The maximum absolute atomic E-state index is 5.41. The third kappa shape index (κ3) is 2.53. The molecular formula is C8H13N3. The van der Waals surface area contributed by atoms with Crippen molar-refractivity contribution in [2.45, 2.75) is 26.2 Å². The Morgan fingerprint density at radius 1 is 1.55 bits per heavy atom. The molecule has 0 spiro atoms. The van der Waals surface area contributed by atoms with Crippen LogP contribution in [0.1, 0.15) is 25.5 Å². The monoisotopic (exact) mass is 151 g/mol. The molecule has 11 heavy (non-hydrogen) atoms. The first-order valence-corrected chi connectivity index (χ1v) is 3.90. The van der Waals surface area contributed by atoms with E-state index in [0.717, 1.165) is 18.5 Å². The van der Waals surface area contributed by atoms with Crippen LogP contribution in [0.3, 0.4) is 0 Å². The van der Waals surface area contributed by atoms with Crippen LogP contribution in [-0.4, -0.2) is 9.97 Å². The number of nitrogens with zero attached hydrogens (tertiary/aromatic N) is 2. The van der Waals surface area contributed by atoms with Gasteiger partial charge in [-0.05, 0) is 18.9 Å². The van der Waals surface area contributed by atoms with Crippen LogP contribution in [-0.2, 0) is 6.42 Å². The van der Waals surface area contributed by atoms with Crippen LogP contribution >= 0.6 is 0 Å². The predicted molar refractivity (Wildman–Crippen MR) is 45.1 cm³/mol. The van der Waals surface area contributed by atoms with Crippen molar-refractivity contribution in [3.63, 3.8) is 0 Å². The summed E-state index contributed by atoms with van der Waals surface area (Å²) in [5, 5.41) is 0. The molecule has 60 valence electrons. The quantitative estimate of drug-likeness (QED) is 0.710. The van der Waals surface area contributed by atoms with Gasteiger partial charge in [0.1, 0.15) is 0 Å². The van der Waals surface area contributed by atoms with Gasteiger partial charge in [0.25, 0.3) is 0 Å². The van der Waals surface area contributed by atoms with Crippen LogP contribution in [0.4, 0.5) is 5.95 Å². The Morgan fingerprint density at radius 2 is 2.36 bits per heavy atom. The SMILES string of the molecule is CCCCc1ccnc(N)n1. The van der Waals surface area contributed by atoms with Crippen molar-refractivity contribution < 1.29 is 0 Å². The van der Waals surface area contributed by atoms with Crippen molar-refractivity contribution in [1.29, 1.82) is 0 Å². The molecule has 3 heteroatoms. The van der Waals surface area contributed by atoms with Gasteiger partial charge in [-0.2, -0.15) is 0 Å². The molecule has 2 N–H and O–H groups in total. The Hall–Kier alpha value is -1.12. The number of hydrogen-bond acceptors (Lipinski definition) is 3. The zero-order valence-electron chi connectivity index (χ0n) is 6.75. The maximum Gasteiger partial charge on any atom is 0.220 e. The second kappa shape index (κ2) is 3.91. The molecule has 1 aromatic heterocycles. The molecule has 3 nitrogen and oxygen atoms in total. The molecule has 1 rings (SSSR count). The van der Waals surface area contributed by atoms with E-state index in [0.29, 0.717) is 5.95 Å². The summed E-state index contributed by atoms with van der Waals surface area (Å²) in [5.41, 5.74) is 6.45. The summed E-state index contributed by atoms with van der Waals surface area (Å²) >= 11 is 0. The topological polar surface area (TPSA) is 51.8 Å². The van der Waals surface area contributed by atoms with Gasteiger partial charge in [-0.3, -0.25) is 0 Å². The van der Waals surface area contributed by atoms with E-state index >= 15 is 0 Å². The highest BCUT2D eigenvalue weighted by Gasteiger charge is 1.93. The van der Waals surface area contributed by atoms with E-state index in [4.69, 9.17) is 5.73 Å². The van der Waals surface area contributed by atoms with Crippen LogP contribution in [0.2, 0.25) is 0 Å². The first-order valence-electron chi connectivity index (χ1n) is 3.90. The first-order chi connectivity index (χ1) is 5.33. The number of aromatic nitrogens is 2. The molecule has 0 aliphatic carbocycles. The van der Waals surface area contributed by atoms with Gasteiger partial charge in [-0.25, -0.2) is 9.97 Å². The first kappa shape index (κ1) is 7.98. The highest BCUT2D eigenvalue weighted by molar-refractivity contribution is 5.17. The molecule has 0 radical (unpaired) electrons. The Labute approximate surface area is 66.7 Å². The standard InChI is InChI=1S/C8H13N3/c1-2-3-4-7-5-6-10-8(9)11-7/h5-6H,2-4H2,1H3,(H2,9,10,11). The van der Waals surface area contributed by atoms with Gasteiger partial charge < -0.3 is 5.73 Å². The summed E-state index contributed by atoms with van der Waals surface area (Å²) in [5.74, 6) is 0.374. The number of unbranched alkanes of at least 4 members (excludes halogenated alkanes) is 1. The van der Waals surface area contributed by atoms with E-state index in [1.54, 1.807) is 6.20 Å². The molecule has 0 bridgehead atoms. The lowest BCUT2D eigenvalue weighted by molar-refractivity contribution is 0.775. The Balaban J connectivity index is 2.56. The second-order valence-corrected chi connectivity index (χ2v) is 2.51. The summed E-state index contributed by atoms with van der Waals surface area (Å²) in [6, 6.07) is 1.91. The van der Waals surface area contributed by atoms with Crippen molar-refractivity contribution in [1.82, 2.24) is 9.97 Å². The Morgan fingerprint density at radius 3 is 3.00 bits per heavy atom. The van der Waals surface area contributed by atoms with Crippen molar-refractivity contribution in [3.8, 4) is 0 Å². The third-order valence-electron chi connectivity index (χ3n) is 1.52. The molecule has 0 amide bonds. The number of anilines is 1. The van der Waals surface area contributed by atoms with Crippen molar-refractivity contribution >= 4 is 5.95 Å². The van der Waals surface area contributed by atoms with E-state index in [1.807, 2.05) is 6.07 Å². The van der Waals surface area contributed by atoms with E-state index in [2.05, 4.69) is 16.9 Å². The van der Waals surface area contributed by atoms with E-state index in [9.17, 15) is 0 Å². The van der Waals surface area contributed by atoms with Crippen molar-refractivity contribution in [2.75, 3.05) is 5.73 Å². The fourth-order valence-corrected chi connectivity index (χ4v) is 0.910. The summed E-state index contributed by atoms with van der Waals surface area (Å²) in [4.78, 5) is 7.89. The van der Waals surface area contributed by atoms with Crippen LogP contribution < -0.4 is 5.73 Å². The van der Waals surface area contributed by atoms with Crippen LogP contribution in [0.5, 0.6) is 0 Å². The molecule has 0 saturated carbocycles. The minimum absolute atomic E-state index is 0.374. The molecule has 0 unspecified atom stereocenters. The molecule has 0 atom stereocenters. The van der Waals surface area contributed by atoms with E-state index < -0.39 is 0 Å². The lowest BCUT2D eigenvalue weighted by Gasteiger charge is -1.97. The normalized spacial score (nSPS) is 9.91. The van der Waals surface area contributed by atoms with Gasteiger partial charge >= 0.3 is 0 Å². The fourth-order valence-electron chi connectivity index (χ4n) is 0.910. The van der Waals surface area contributed by atoms with E-state index in [-0.39, 0.29) is 0 Å². The highest BCUT2D eigenvalue weighted by Crippen LogP contribution is 2.01. The van der Waals surface area contributed by atoms with Crippen molar-refractivity contribution in [2.24, 2.45) is 0 Å². The van der Waals surface area contributed by atoms with Crippen LogP contribution in [0.15, 0.2) is 12.3 Å². The number of nitrogen functional groups attached to an aromatic ring is 1. The third-order valence-corrected chi connectivity index (χ3v) is 1.52. The summed E-state index contributed by atoms with van der Waals surface area (Å²) < 4.78 is 0. The number of nitrogens with two attached hydrogens (primary N) is 1. The molecule has 1 aromatic rings. The predicted octanol–water partition coefficient (Wildman–Crippen LogP) is 1.40. The lowest BCUT2D eigenvalue weighted by atomic mass is 10.2. The average molecular weight is 151 g/mol. The minimum atomic E-state index is 0.374. The van der Waals surface area contributed by atoms with Gasteiger partial charge in [0.05, 0.1) is 0 Å². The van der Waals surface area contributed by atoms with Crippen LogP contribution in [0.25, 0.3) is 0 Å². The zero-order chi connectivity index (χ0) is 8.10. The molecule has 0 aromatic carbocycles. The molecule has 0 fully saturated rings. The van der Waals surface area contributed by atoms with Crippen molar-refractivity contribution in [3.05, 3.63) is 18.0 Å². The Kier molecular flexibility index (Phi) is 2.83. The smallest absolute Gasteiger partial charge is 0.220 e. The van der Waals surface area contributed by atoms with Crippen LogP contribution in [0, 0.1) is 0 Å². The lowest BCUT2D eigenvalue weighted by Crippen LogP contribution is -1.97. The number of rotatable bonds is 3. The largest absolute Gasteiger partial charge is 0.368 e. The number of aryl methyl sites for hydroxylation is 1. The molecular weight excluding hydrogens is 138 g/mol. The van der Waals surface area contributed by atoms with Gasteiger partial charge in [0.15, 0.2) is 0 Å². The van der Waals surface area contributed by atoms with Gasteiger partial charge in [0.2, 0.25) is 5.95 Å². The zero-order valence-corrected chi connectivity index (χ0v) is 6.75. The minimum Gasteiger partial charge on any atom is -0.368 e.